The van der Waals surface area contributed by atoms with Gasteiger partial charge in [0.2, 0.25) is 5.91 Å². The van der Waals surface area contributed by atoms with Crippen LogP contribution in [0.1, 0.15) is 18.9 Å². The number of nitro groups is 1. The van der Waals surface area contributed by atoms with E-state index in [-0.39, 0.29) is 11.6 Å². The summed E-state index contributed by atoms with van der Waals surface area (Å²) in [6.45, 7) is 4.60. The molecule has 0 bridgehead atoms. The van der Waals surface area contributed by atoms with Gasteiger partial charge in [0.05, 0.1) is 4.92 Å². The van der Waals surface area contributed by atoms with Crippen molar-refractivity contribution in [1.29, 1.82) is 0 Å². The van der Waals surface area contributed by atoms with E-state index >= 15 is 0 Å². The van der Waals surface area contributed by atoms with E-state index < -0.39 is 4.92 Å². The van der Waals surface area contributed by atoms with Crippen LogP contribution in [0.3, 0.4) is 0 Å². The molecule has 1 aromatic rings. The number of carbonyl (C=O) groups is 1. The lowest BCUT2D eigenvalue weighted by Crippen LogP contribution is -2.24. The molecule has 0 aliphatic rings. The minimum absolute atomic E-state index is 0.0332. The average molecular weight is 251 g/mol. The average Bonchev–Trinajstić information content (AvgIpc) is 2.31. The molecule has 0 radical (unpaired) electrons. The van der Waals surface area contributed by atoms with Crippen molar-refractivity contribution in [2.75, 3.05) is 18.4 Å². The van der Waals surface area contributed by atoms with Crippen LogP contribution >= 0.6 is 0 Å². The van der Waals surface area contributed by atoms with Crippen molar-refractivity contribution in [3.8, 4) is 0 Å². The number of carbonyl (C=O) groups excluding carboxylic acids is 1. The van der Waals surface area contributed by atoms with Gasteiger partial charge in [-0.3, -0.25) is 14.9 Å². The highest BCUT2D eigenvalue weighted by Gasteiger charge is 2.14. The summed E-state index contributed by atoms with van der Waals surface area (Å²) in [5.41, 5.74) is 1.30. The van der Waals surface area contributed by atoms with E-state index in [9.17, 15) is 14.9 Å². The summed E-state index contributed by atoms with van der Waals surface area (Å²) in [6.07, 6.45) is 0.291. The first-order chi connectivity index (χ1) is 8.56. The first kappa shape index (κ1) is 14.0. The Morgan fingerprint density at radius 2 is 2.17 bits per heavy atom. The highest BCUT2D eigenvalue weighted by molar-refractivity contribution is 5.76. The van der Waals surface area contributed by atoms with Gasteiger partial charge in [-0.15, -0.1) is 0 Å². The number of rotatable bonds is 6. The third kappa shape index (κ3) is 3.73. The summed E-state index contributed by atoms with van der Waals surface area (Å²) in [5, 5.41) is 16.5. The molecule has 0 unspecified atom stereocenters. The second-order valence-electron chi connectivity index (χ2n) is 3.86. The van der Waals surface area contributed by atoms with Crippen LogP contribution in [-0.2, 0) is 4.79 Å². The van der Waals surface area contributed by atoms with Crippen LogP contribution in [-0.4, -0.2) is 23.9 Å². The standard InChI is InChI=1S/C12H17N3O3/c1-3-13-11(16)7-8-14-12-9(2)5-4-6-10(12)15(17)18/h4-6,14H,3,7-8H2,1-2H3,(H,13,16). The van der Waals surface area contributed by atoms with E-state index in [1.165, 1.54) is 6.07 Å². The minimum Gasteiger partial charge on any atom is -0.379 e. The van der Waals surface area contributed by atoms with Gasteiger partial charge in [-0.1, -0.05) is 12.1 Å². The second kappa shape index (κ2) is 6.58. The molecule has 18 heavy (non-hydrogen) atoms. The topological polar surface area (TPSA) is 84.3 Å². The number of benzene rings is 1. The largest absolute Gasteiger partial charge is 0.379 e. The van der Waals surface area contributed by atoms with E-state index in [2.05, 4.69) is 10.6 Å². The van der Waals surface area contributed by atoms with Gasteiger partial charge in [-0.05, 0) is 19.4 Å². The zero-order chi connectivity index (χ0) is 13.5. The Morgan fingerprint density at radius 3 is 2.78 bits per heavy atom. The quantitative estimate of drug-likeness (QED) is 0.597. The fourth-order valence-electron chi connectivity index (χ4n) is 1.62. The molecule has 0 atom stereocenters. The van der Waals surface area contributed by atoms with E-state index in [0.29, 0.717) is 25.2 Å². The molecular formula is C12H17N3O3. The molecule has 1 amide bonds. The van der Waals surface area contributed by atoms with Crippen LogP contribution in [0.5, 0.6) is 0 Å². The minimum atomic E-state index is -0.429. The monoisotopic (exact) mass is 251 g/mol. The molecule has 0 heterocycles. The van der Waals surface area contributed by atoms with Gasteiger partial charge in [0.15, 0.2) is 0 Å². The zero-order valence-electron chi connectivity index (χ0n) is 10.5. The maximum Gasteiger partial charge on any atom is 0.292 e. The van der Waals surface area contributed by atoms with E-state index in [0.717, 1.165) is 5.56 Å². The normalized spacial score (nSPS) is 9.89. The van der Waals surface area contributed by atoms with Crippen molar-refractivity contribution < 1.29 is 9.72 Å². The molecule has 0 saturated heterocycles. The molecule has 0 spiro atoms. The fourth-order valence-corrected chi connectivity index (χ4v) is 1.62. The summed E-state index contributed by atoms with van der Waals surface area (Å²) >= 11 is 0. The molecule has 0 aliphatic carbocycles. The summed E-state index contributed by atoms with van der Waals surface area (Å²) < 4.78 is 0. The molecule has 6 nitrogen and oxygen atoms in total. The van der Waals surface area contributed by atoms with Gasteiger partial charge >= 0.3 is 0 Å². The van der Waals surface area contributed by atoms with Crippen molar-refractivity contribution >= 4 is 17.3 Å². The van der Waals surface area contributed by atoms with Crippen molar-refractivity contribution in [3.05, 3.63) is 33.9 Å². The summed E-state index contributed by atoms with van der Waals surface area (Å²) in [5.74, 6) is -0.0683. The maximum atomic E-state index is 11.3. The number of nitro benzene ring substituents is 1. The number of para-hydroxylation sites is 1. The molecule has 1 aromatic carbocycles. The van der Waals surface area contributed by atoms with Crippen LogP contribution in [0, 0.1) is 17.0 Å². The summed E-state index contributed by atoms with van der Waals surface area (Å²) in [4.78, 5) is 21.7. The van der Waals surface area contributed by atoms with Gasteiger partial charge < -0.3 is 10.6 Å². The first-order valence-corrected chi connectivity index (χ1v) is 5.80. The molecule has 0 saturated carbocycles. The second-order valence-corrected chi connectivity index (χ2v) is 3.86. The summed E-state index contributed by atoms with van der Waals surface area (Å²) in [6, 6.07) is 4.88. The number of amides is 1. The predicted molar refractivity (Wildman–Crippen MR) is 69.6 cm³/mol. The highest BCUT2D eigenvalue weighted by Crippen LogP contribution is 2.27. The number of nitrogens with one attached hydrogen (secondary N) is 2. The van der Waals surface area contributed by atoms with E-state index in [4.69, 9.17) is 0 Å². The van der Waals surface area contributed by atoms with E-state index in [1.807, 2.05) is 6.92 Å². The number of nitrogens with zero attached hydrogens (tertiary/aromatic N) is 1. The van der Waals surface area contributed by atoms with E-state index in [1.54, 1.807) is 19.1 Å². The Bertz CT molecular complexity index is 446. The molecule has 0 fully saturated rings. The van der Waals surface area contributed by atoms with Crippen molar-refractivity contribution in [2.45, 2.75) is 20.3 Å². The Kier molecular flexibility index (Phi) is 5.10. The smallest absolute Gasteiger partial charge is 0.292 e. The Balaban J connectivity index is 2.67. The third-order valence-corrected chi connectivity index (χ3v) is 2.48. The van der Waals surface area contributed by atoms with Gasteiger partial charge in [-0.2, -0.15) is 0 Å². The van der Waals surface area contributed by atoms with Crippen molar-refractivity contribution in [1.82, 2.24) is 5.32 Å². The SMILES string of the molecule is CCNC(=O)CCNc1c(C)cccc1[N+](=O)[O-]. The summed E-state index contributed by atoms with van der Waals surface area (Å²) in [7, 11) is 0. The molecular weight excluding hydrogens is 234 g/mol. The molecule has 6 heteroatoms. The van der Waals surface area contributed by atoms with Gasteiger partial charge in [0.1, 0.15) is 5.69 Å². The molecule has 0 aromatic heterocycles. The predicted octanol–water partition coefficient (Wildman–Crippen LogP) is 1.84. The third-order valence-electron chi connectivity index (χ3n) is 2.48. The van der Waals surface area contributed by atoms with Gasteiger partial charge in [0, 0.05) is 25.6 Å². The van der Waals surface area contributed by atoms with Crippen molar-refractivity contribution in [2.24, 2.45) is 0 Å². The number of hydrogen-bond acceptors (Lipinski definition) is 4. The number of anilines is 1. The van der Waals surface area contributed by atoms with Crippen LogP contribution in [0.4, 0.5) is 11.4 Å². The number of hydrogen-bond donors (Lipinski definition) is 2. The van der Waals surface area contributed by atoms with Crippen LogP contribution in [0.15, 0.2) is 18.2 Å². The molecule has 2 N–H and O–H groups in total. The zero-order valence-corrected chi connectivity index (χ0v) is 10.5. The van der Waals surface area contributed by atoms with Gasteiger partial charge in [-0.25, -0.2) is 0 Å². The first-order valence-electron chi connectivity index (χ1n) is 5.80. The lowest BCUT2D eigenvalue weighted by molar-refractivity contribution is -0.384. The highest BCUT2D eigenvalue weighted by atomic mass is 16.6. The Hall–Kier alpha value is -2.11. The fraction of sp³-hybridized carbons (Fsp3) is 0.417. The number of aryl methyl sites for hydroxylation is 1. The van der Waals surface area contributed by atoms with Crippen LogP contribution < -0.4 is 10.6 Å². The molecule has 0 aliphatic heterocycles. The Morgan fingerprint density at radius 1 is 1.44 bits per heavy atom. The molecule has 1 rings (SSSR count). The van der Waals surface area contributed by atoms with Gasteiger partial charge in [0.25, 0.3) is 5.69 Å². The van der Waals surface area contributed by atoms with Crippen molar-refractivity contribution in [3.63, 3.8) is 0 Å². The van der Waals surface area contributed by atoms with Crippen LogP contribution in [0.25, 0.3) is 0 Å². The maximum absolute atomic E-state index is 11.3. The van der Waals surface area contributed by atoms with Crippen LogP contribution in [0.2, 0.25) is 0 Å². The molecule has 98 valence electrons. The Labute approximate surface area is 106 Å². The lowest BCUT2D eigenvalue weighted by Gasteiger charge is -2.09. The lowest BCUT2D eigenvalue weighted by atomic mass is 10.1.